The summed E-state index contributed by atoms with van der Waals surface area (Å²) >= 11 is 0. The van der Waals surface area contributed by atoms with E-state index in [1.807, 2.05) is 17.9 Å². The number of hydrogen-bond donors (Lipinski definition) is 1. The molecule has 2 atom stereocenters. The van der Waals surface area contributed by atoms with Crippen LogP contribution in [0.2, 0.25) is 0 Å². The number of nitrogens with zero attached hydrogens (tertiary/aromatic N) is 3. The molecule has 0 aromatic carbocycles. The average Bonchev–Trinajstić information content (AvgIpc) is 2.51. The summed E-state index contributed by atoms with van der Waals surface area (Å²) in [6, 6.07) is 2.88. The van der Waals surface area contributed by atoms with Crippen molar-refractivity contribution in [2.24, 2.45) is 12.8 Å². The van der Waals surface area contributed by atoms with E-state index in [2.05, 4.69) is 23.1 Å². The van der Waals surface area contributed by atoms with E-state index in [4.69, 9.17) is 5.73 Å². The highest BCUT2D eigenvalue weighted by molar-refractivity contribution is 5.07. The first-order valence-electron chi connectivity index (χ1n) is 5.12. The molecule has 0 aliphatic carbocycles. The van der Waals surface area contributed by atoms with Crippen molar-refractivity contribution in [3.8, 4) is 0 Å². The van der Waals surface area contributed by atoms with E-state index < -0.39 is 0 Å². The summed E-state index contributed by atoms with van der Waals surface area (Å²) in [5, 5.41) is 4.44. The number of hydrogen-bond acceptors (Lipinski definition) is 3. The van der Waals surface area contributed by atoms with Crippen LogP contribution >= 0.6 is 0 Å². The second-order valence-electron chi connectivity index (χ2n) is 4.21. The number of aromatic nitrogens is 2. The van der Waals surface area contributed by atoms with E-state index >= 15 is 0 Å². The monoisotopic (exact) mass is 194 g/mol. The summed E-state index contributed by atoms with van der Waals surface area (Å²) in [7, 11) is 4.08. The van der Waals surface area contributed by atoms with Gasteiger partial charge in [0, 0.05) is 25.8 Å². The minimum absolute atomic E-state index is 0.333. The van der Waals surface area contributed by atoms with Crippen LogP contribution in [-0.2, 0) is 7.05 Å². The van der Waals surface area contributed by atoms with Gasteiger partial charge in [-0.25, -0.2) is 0 Å². The fourth-order valence-corrected chi connectivity index (χ4v) is 2.17. The molecule has 1 saturated heterocycles. The molecule has 1 aromatic heterocycles. The lowest BCUT2D eigenvalue weighted by Crippen LogP contribution is -2.42. The third-order valence-electron chi connectivity index (χ3n) is 2.94. The SMILES string of the molecule is CN1CC(N)CCC1c1ccn(C)n1. The molecule has 0 amide bonds. The van der Waals surface area contributed by atoms with Gasteiger partial charge in [-0.15, -0.1) is 0 Å². The molecule has 2 heterocycles. The van der Waals surface area contributed by atoms with Gasteiger partial charge in [-0.3, -0.25) is 9.58 Å². The van der Waals surface area contributed by atoms with Crippen LogP contribution in [0.3, 0.4) is 0 Å². The van der Waals surface area contributed by atoms with Crippen LogP contribution in [0, 0.1) is 0 Å². The Balaban J connectivity index is 2.11. The fraction of sp³-hybridized carbons (Fsp3) is 0.700. The first kappa shape index (κ1) is 9.68. The largest absolute Gasteiger partial charge is 0.327 e. The van der Waals surface area contributed by atoms with Gasteiger partial charge in [0.05, 0.1) is 11.7 Å². The zero-order valence-electron chi connectivity index (χ0n) is 8.85. The van der Waals surface area contributed by atoms with Crippen molar-refractivity contribution in [3.05, 3.63) is 18.0 Å². The number of likely N-dealkylation sites (tertiary alicyclic amines) is 1. The molecule has 4 heteroatoms. The molecule has 0 radical (unpaired) electrons. The van der Waals surface area contributed by atoms with Crippen molar-refractivity contribution in [1.29, 1.82) is 0 Å². The van der Waals surface area contributed by atoms with Crippen LogP contribution < -0.4 is 5.73 Å². The minimum Gasteiger partial charge on any atom is -0.327 e. The maximum absolute atomic E-state index is 5.90. The van der Waals surface area contributed by atoms with E-state index in [1.54, 1.807) is 0 Å². The first-order valence-corrected chi connectivity index (χ1v) is 5.12. The van der Waals surface area contributed by atoms with Crippen LogP contribution in [0.15, 0.2) is 12.3 Å². The smallest absolute Gasteiger partial charge is 0.0795 e. The zero-order chi connectivity index (χ0) is 10.1. The summed E-state index contributed by atoms with van der Waals surface area (Å²) in [5.74, 6) is 0. The van der Waals surface area contributed by atoms with Gasteiger partial charge in [-0.1, -0.05) is 0 Å². The number of piperidine rings is 1. The minimum atomic E-state index is 0.333. The summed E-state index contributed by atoms with van der Waals surface area (Å²) in [6.45, 7) is 0.973. The number of likely N-dealkylation sites (N-methyl/N-ethyl adjacent to an activating group) is 1. The fourth-order valence-electron chi connectivity index (χ4n) is 2.17. The Kier molecular flexibility index (Phi) is 2.56. The highest BCUT2D eigenvalue weighted by Gasteiger charge is 2.26. The van der Waals surface area contributed by atoms with Crippen molar-refractivity contribution in [1.82, 2.24) is 14.7 Å². The van der Waals surface area contributed by atoms with Crippen LogP contribution in [0.25, 0.3) is 0 Å². The third kappa shape index (κ3) is 1.81. The maximum Gasteiger partial charge on any atom is 0.0795 e. The first-order chi connectivity index (χ1) is 6.66. The van der Waals surface area contributed by atoms with Crippen LogP contribution in [0.4, 0.5) is 0 Å². The molecule has 1 aliphatic heterocycles. The molecular formula is C10H18N4. The van der Waals surface area contributed by atoms with Crippen LogP contribution in [0.5, 0.6) is 0 Å². The van der Waals surface area contributed by atoms with E-state index in [-0.39, 0.29) is 0 Å². The Hall–Kier alpha value is -0.870. The van der Waals surface area contributed by atoms with E-state index in [1.165, 1.54) is 5.69 Å². The molecular weight excluding hydrogens is 176 g/mol. The molecule has 0 spiro atoms. The van der Waals surface area contributed by atoms with Gasteiger partial charge >= 0.3 is 0 Å². The molecule has 1 fully saturated rings. The predicted molar refractivity (Wildman–Crippen MR) is 55.8 cm³/mol. The molecule has 1 aliphatic rings. The quantitative estimate of drug-likeness (QED) is 0.708. The summed E-state index contributed by atoms with van der Waals surface area (Å²) in [5.41, 5.74) is 7.07. The molecule has 0 bridgehead atoms. The van der Waals surface area contributed by atoms with Gasteiger partial charge < -0.3 is 5.73 Å². The highest BCUT2D eigenvalue weighted by Crippen LogP contribution is 2.27. The standard InChI is InChI=1S/C10H18N4/c1-13-7-8(11)3-4-10(13)9-5-6-14(2)12-9/h5-6,8,10H,3-4,7,11H2,1-2H3. The zero-order valence-corrected chi connectivity index (χ0v) is 8.85. The van der Waals surface area contributed by atoms with Crippen LogP contribution in [-0.4, -0.2) is 34.3 Å². The summed E-state index contributed by atoms with van der Waals surface area (Å²) in [6.07, 6.45) is 4.22. The molecule has 2 unspecified atom stereocenters. The molecule has 2 rings (SSSR count). The third-order valence-corrected chi connectivity index (χ3v) is 2.94. The normalized spacial score (nSPS) is 29.4. The Labute approximate surface area is 84.7 Å². The van der Waals surface area contributed by atoms with Crippen molar-refractivity contribution in [3.63, 3.8) is 0 Å². The Morgan fingerprint density at radius 2 is 2.21 bits per heavy atom. The molecule has 78 valence electrons. The van der Waals surface area contributed by atoms with Crippen molar-refractivity contribution in [2.75, 3.05) is 13.6 Å². The molecule has 2 N–H and O–H groups in total. The lowest BCUT2D eigenvalue weighted by molar-refractivity contribution is 0.166. The second-order valence-corrected chi connectivity index (χ2v) is 4.21. The number of nitrogens with two attached hydrogens (primary N) is 1. The van der Waals surface area contributed by atoms with Crippen molar-refractivity contribution in [2.45, 2.75) is 24.9 Å². The van der Waals surface area contributed by atoms with E-state index in [9.17, 15) is 0 Å². The van der Waals surface area contributed by atoms with E-state index in [0.717, 1.165) is 19.4 Å². The van der Waals surface area contributed by atoms with Gasteiger partial charge in [-0.2, -0.15) is 5.10 Å². The lowest BCUT2D eigenvalue weighted by Gasteiger charge is -2.34. The highest BCUT2D eigenvalue weighted by atomic mass is 15.3. The second kappa shape index (κ2) is 3.71. The van der Waals surface area contributed by atoms with E-state index in [0.29, 0.717) is 12.1 Å². The van der Waals surface area contributed by atoms with Gasteiger partial charge in [0.25, 0.3) is 0 Å². The molecule has 4 nitrogen and oxygen atoms in total. The van der Waals surface area contributed by atoms with Gasteiger partial charge in [0.15, 0.2) is 0 Å². The molecule has 1 aromatic rings. The van der Waals surface area contributed by atoms with Crippen molar-refractivity contribution < 1.29 is 0 Å². The summed E-state index contributed by atoms with van der Waals surface area (Å²) < 4.78 is 1.86. The van der Waals surface area contributed by atoms with Gasteiger partial charge in [0.2, 0.25) is 0 Å². The molecule has 14 heavy (non-hydrogen) atoms. The average molecular weight is 194 g/mol. The Bertz CT molecular complexity index is 307. The lowest BCUT2D eigenvalue weighted by atomic mass is 9.97. The number of aryl methyl sites for hydroxylation is 1. The summed E-state index contributed by atoms with van der Waals surface area (Å²) in [4.78, 5) is 2.30. The Morgan fingerprint density at radius 3 is 2.79 bits per heavy atom. The Morgan fingerprint density at radius 1 is 1.43 bits per heavy atom. The van der Waals surface area contributed by atoms with Crippen LogP contribution in [0.1, 0.15) is 24.6 Å². The topological polar surface area (TPSA) is 47.1 Å². The maximum atomic E-state index is 5.90. The molecule has 0 saturated carbocycles. The predicted octanol–water partition coefficient (Wildman–Crippen LogP) is 0.514. The van der Waals surface area contributed by atoms with Gasteiger partial charge in [-0.05, 0) is 26.0 Å². The number of rotatable bonds is 1. The van der Waals surface area contributed by atoms with Crippen molar-refractivity contribution >= 4 is 0 Å². The van der Waals surface area contributed by atoms with Gasteiger partial charge in [0.1, 0.15) is 0 Å².